The molecule has 1 aliphatic rings. The molecule has 1 saturated heterocycles. The van der Waals surface area contributed by atoms with Crippen LogP contribution in [0.1, 0.15) is 27.2 Å². The molecule has 1 fully saturated rings. The molecule has 0 aromatic heterocycles. The Morgan fingerprint density at radius 2 is 2.00 bits per heavy atom. The first kappa shape index (κ1) is 13.3. The lowest BCUT2D eigenvalue weighted by Crippen LogP contribution is -2.50. The van der Waals surface area contributed by atoms with Crippen LogP contribution in [0.5, 0.6) is 0 Å². The highest BCUT2D eigenvalue weighted by molar-refractivity contribution is 5.68. The Bertz CT molecular complexity index is 249. The first-order chi connectivity index (χ1) is 7.31. The summed E-state index contributed by atoms with van der Waals surface area (Å²) in [6.07, 6.45) is -0.480. The van der Waals surface area contributed by atoms with Crippen molar-refractivity contribution >= 4 is 6.09 Å². The predicted octanol–water partition coefficient (Wildman–Crippen LogP) is 1.00. The van der Waals surface area contributed by atoms with Gasteiger partial charge in [-0.1, -0.05) is 0 Å². The molecule has 0 aliphatic carbocycles. The number of rotatable bonds is 1. The molecule has 1 N–H and O–H groups in total. The van der Waals surface area contributed by atoms with E-state index >= 15 is 0 Å². The predicted molar refractivity (Wildman–Crippen MR) is 59.2 cm³/mol. The maximum Gasteiger partial charge on any atom is 0.410 e. The van der Waals surface area contributed by atoms with Crippen molar-refractivity contribution in [2.24, 2.45) is 0 Å². The molecule has 0 aromatic rings. The van der Waals surface area contributed by atoms with Gasteiger partial charge in [0.25, 0.3) is 0 Å². The van der Waals surface area contributed by atoms with Crippen LogP contribution in [0, 0.1) is 0 Å². The minimum Gasteiger partial charge on any atom is -0.444 e. The van der Waals surface area contributed by atoms with Crippen LogP contribution in [-0.4, -0.2) is 54.1 Å². The van der Waals surface area contributed by atoms with E-state index in [1.54, 1.807) is 7.11 Å². The van der Waals surface area contributed by atoms with Gasteiger partial charge in [0.2, 0.25) is 0 Å². The quantitative estimate of drug-likeness (QED) is 0.731. The van der Waals surface area contributed by atoms with Crippen LogP contribution in [-0.2, 0) is 9.47 Å². The molecular formula is C11H21NO4. The van der Waals surface area contributed by atoms with Crippen LogP contribution >= 0.6 is 0 Å². The SMILES string of the molecule is CO[C@H]1C[C@H](O)CN(C(=O)OC(C)(C)C)C1. The number of hydrogen-bond acceptors (Lipinski definition) is 4. The van der Waals surface area contributed by atoms with Gasteiger partial charge in [-0.2, -0.15) is 0 Å². The fourth-order valence-electron chi connectivity index (χ4n) is 1.67. The Kier molecular flexibility index (Phi) is 4.15. The molecule has 5 heteroatoms. The molecule has 0 bridgehead atoms. The number of likely N-dealkylation sites (tertiary alicyclic amines) is 1. The minimum absolute atomic E-state index is 0.115. The number of carbonyl (C=O) groups is 1. The summed E-state index contributed by atoms with van der Waals surface area (Å²) >= 11 is 0. The number of aliphatic hydroxyl groups is 1. The number of amides is 1. The number of piperidine rings is 1. The van der Waals surface area contributed by atoms with Gasteiger partial charge in [-0.15, -0.1) is 0 Å². The van der Waals surface area contributed by atoms with E-state index in [0.717, 1.165) is 0 Å². The zero-order valence-corrected chi connectivity index (χ0v) is 10.4. The molecule has 1 rings (SSSR count). The van der Waals surface area contributed by atoms with Crippen molar-refractivity contribution in [1.29, 1.82) is 0 Å². The van der Waals surface area contributed by atoms with E-state index in [4.69, 9.17) is 9.47 Å². The fraction of sp³-hybridized carbons (Fsp3) is 0.909. The van der Waals surface area contributed by atoms with Crippen molar-refractivity contribution in [2.45, 2.75) is 45.0 Å². The maximum absolute atomic E-state index is 11.8. The monoisotopic (exact) mass is 231 g/mol. The summed E-state index contributed by atoms with van der Waals surface area (Å²) in [6.45, 7) is 6.24. The highest BCUT2D eigenvalue weighted by Crippen LogP contribution is 2.17. The number of hydrogen-bond donors (Lipinski definition) is 1. The second-order valence-electron chi connectivity index (χ2n) is 5.13. The highest BCUT2D eigenvalue weighted by Gasteiger charge is 2.31. The lowest BCUT2D eigenvalue weighted by Gasteiger charge is -2.35. The Balaban J connectivity index is 2.55. The van der Waals surface area contributed by atoms with Gasteiger partial charge >= 0.3 is 6.09 Å². The second kappa shape index (κ2) is 5.01. The van der Waals surface area contributed by atoms with Crippen LogP contribution in [0.15, 0.2) is 0 Å². The molecule has 2 atom stereocenters. The van der Waals surface area contributed by atoms with Crippen molar-refractivity contribution in [3.8, 4) is 0 Å². The Morgan fingerprint density at radius 3 is 2.50 bits per heavy atom. The van der Waals surface area contributed by atoms with Crippen molar-refractivity contribution in [2.75, 3.05) is 20.2 Å². The fourth-order valence-corrected chi connectivity index (χ4v) is 1.67. The Morgan fingerprint density at radius 1 is 1.38 bits per heavy atom. The Hall–Kier alpha value is -0.810. The lowest BCUT2D eigenvalue weighted by atomic mass is 10.1. The average Bonchev–Trinajstić information content (AvgIpc) is 2.14. The van der Waals surface area contributed by atoms with Gasteiger partial charge in [-0.25, -0.2) is 4.79 Å². The molecule has 1 heterocycles. The lowest BCUT2D eigenvalue weighted by molar-refractivity contribution is -0.0419. The van der Waals surface area contributed by atoms with E-state index in [9.17, 15) is 9.90 Å². The summed E-state index contributed by atoms with van der Waals surface area (Å²) in [4.78, 5) is 13.3. The zero-order chi connectivity index (χ0) is 12.3. The van der Waals surface area contributed by atoms with E-state index in [0.29, 0.717) is 19.5 Å². The summed E-state index contributed by atoms with van der Waals surface area (Å²) in [5, 5.41) is 9.60. The third-order valence-electron chi connectivity index (χ3n) is 2.38. The van der Waals surface area contributed by atoms with Crippen LogP contribution in [0.2, 0.25) is 0 Å². The number of carbonyl (C=O) groups excluding carboxylic acids is 1. The summed E-state index contributed by atoms with van der Waals surface area (Å²) in [5.41, 5.74) is -0.512. The third-order valence-corrected chi connectivity index (χ3v) is 2.38. The van der Waals surface area contributed by atoms with Gasteiger partial charge in [0.15, 0.2) is 0 Å². The average molecular weight is 231 g/mol. The molecule has 0 spiro atoms. The molecule has 0 saturated carbocycles. The molecule has 94 valence electrons. The van der Waals surface area contributed by atoms with Gasteiger partial charge in [-0.05, 0) is 20.8 Å². The number of β-amino-alcohol motifs (C(OH)–C–C–N with tert-alkyl or cyclic N) is 1. The number of nitrogens with zero attached hydrogens (tertiary/aromatic N) is 1. The molecule has 5 nitrogen and oxygen atoms in total. The smallest absolute Gasteiger partial charge is 0.410 e. The standard InChI is InChI=1S/C11H21NO4/c1-11(2,3)16-10(14)12-6-8(13)5-9(7-12)15-4/h8-9,13H,5-7H2,1-4H3/t8-,9-/m0/s1. The van der Waals surface area contributed by atoms with Crippen molar-refractivity contribution in [3.05, 3.63) is 0 Å². The zero-order valence-electron chi connectivity index (χ0n) is 10.4. The van der Waals surface area contributed by atoms with E-state index in [-0.39, 0.29) is 6.10 Å². The molecule has 0 unspecified atom stereocenters. The molecule has 16 heavy (non-hydrogen) atoms. The number of ether oxygens (including phenoxy) is 2. The number of methoxy groups -OCH3 is 1. The topological polar surface area (TPSA) is 59.0 Å². The molecule has 0 radical (unpaired) electrons. The number of aliphatic hydroxyl groups excluding tert-OH is 1. The first-order valence-electron chi connectivity index (χ1n) is 5.50. The van der Waals surface area contributed by atoms with Gasteiger partial charge in [0.05, 0.1) is 25.3 Å². The molecule has 1 amide bonds. The molecule has 0 aromatic carbocycles. The van der Waals surface area contributed by atoms with Crippen molar-refractivity contribution in [3.63, 3.8) is 0 Å². The first-order valence-corrected chi connectivity index (χ1v) is 5.50. The van der Waals surface area contributed by atoms with E-state index < -0.39 is 17.8 Å². The van der Waals surface area contributed by atoms with Crippen molar-refractivity contribution < 1.29 is 19.4 Å². The summed E-state index contributed by atoms with van der Waals surface area (Å²) in [6, 6.07) is 0. The molecule has 1 aliphatic heterocycles. The van der Waals surface area contributed by atoms with E-state index in [2.05, 4.69) is 0 Å². The van der Waals surface area contributed by atoms with Gasteiger partial charge in [-0.3, -0.25) is 0 Å². The normalized spacial score (nSPS) is 26.7. The summed E-state index contributed by atoms with van der Waals surface area (Å²) in [7, 11) is 1.58. The van der Waals surface area contributed by atoms with Crippen LogP contribution in [0.3, 0.4) is 0 Å². The van der Waals surface area contributed by atoms with Crippen LogP contribution in [0.4, 0.5) is 4.79 Å². The van der Waals surface area contributed by atoms with Gasteiger partial charge < -0.3 is 19.5 Å². The second-order valence-corrected chi connectivity index (χ2v) is 5.13. The summed E-state index contributed by atoms with van der Waals surface area (Å²) < 4.78 is 10.4. The van der Waals surface area contributed by atoms with Gasteiger partial charge in [0, 0.05) is 13.5 Å². The van der Waals surface area contributed by atoms with E-state index in [1.165, 1.54) is 4.90 Å². The van der Waals surface area contributed by atoms with Gasteiger partial charge in [0.1, 0.15) is 5.60 Å². The van der Waals surface area contributed by atoms with Crippen LogP contribution < -0.4 is 0 Å². The molecular weight excluding hydrogens is 210 g/mol. The Labute approximate surface area is 96.3 Å². The largest absolute Gasteiger partial charge is 0.444 e. The van der Waals surface area contributed by atoms with E-state index in [1.807, 2.05) is 20.8 Å². The van der Waals surface area contributed by atoms with Crippen molar-refractivity contribution in [1.82, 2.24) is 4.90 Å². The van der Waals surface area contributed by atoms with Crippen LogP contribution in [0.25, 0.3) is 0 Å². The third kappa shape index (κ3) is 3.98. The summed E-state index contributed by atoms with van der Waals surface area (Å²) in [5.74, 6) is 0. The maximum atomic E-state index is 11.8. The minimum atomic E-state index is -0.536. The highest BCUT2D eigenvalue weighted by atomic mass is 16.6.